The standard InChI is InChI=1S/C12H15N3O/c1-13-12(16)10-7-4-8-11(15-10)14-9-5-2-3-6-9/h2-4,7-9H,5-6H2,1H3,(H,13,16)(H,14,15). The molecule has 4 heteroatoms. The largest absolute Gasteiger partial charge is 0.367 e. The van der Waals surface area contributed by atoms with E-state index in [1.54, 1.807) is 13.1 Å². The molecule has 1 amide bonds. The Bertz CT molecular complexity index is 406. The summed E-state index contributed by atoms with van der Waals surface area (Å²) >= 11 is 0. The van der Waals surface area contributed by atoms with Crippen molar-refractivity contribution in [1.82, 2.24) is 10.3 Å². The number of carbonyl (C=O) groups excluding carboxylic acids is 1. The highest BCUT2D eigenvalue weighted by Crippen LogP contribution is 2.15. The minimum atomic E-state index is -0.159. The number of hydrogen-bond donors (Lipinski definition) is 2. The molecule has 1 aromatic rings. The predicted octanol–water partition coefficient (Wildman–Crippen LogP) is 1.57. The van der Waals surface area contributed by atoms with Crippen LogP contribution in [0.1, 0.15) is 23.3 Å². The molecule has 2 N–H and O–H groups in total. The van der Waals surface area contributed by atoms with Crippen molar-refractivity contribution in [2.45, 2.75) is 18.9 Å². The Hall–Kier alpha value is -1.84. The van der Waals surface area contributed by atoms with Crippen molar-refractivity contribution in [3.05, 3.63) is 36.0 Å². The van der Waals surface area contributed by atoms with Crippen molar-refractivity contribution in [2.75, 3.05) is 12.4 Å². The van der Waals surface area contributed by atoms with E-state index in [1.807, 2.05) is 12.1 Å². The Morgan fingerprint density at radius 3 is 2.81 bits per heavy atom. The van der Waals surface area contributed by atoms with Crippen LogP contribution in [0.2, 0.25) is 0 Å². The molecule has 1 aliphatic carbocycles. The Morgan fingerprint density at radius 2 is 2.12 bits per heavy atom. The summed E-state index contributed by atoms with van der Waals surface area (Å²) in [6.45, 7) is 0. The molecule has 16 heavy (non-hydrogen) atoms. The molecule has 0 aromatic carbocycles. The molecule has 0 saturated heterocycles. The van der Waals surface area contributed by atoms with Gasteiger partial charge in [0.1, 0.15) is 11.5 Å². The number of rotatable bonds is 3. The maximum Gasteiger partial charge on any atom is 0.269 e. The van der Waals surface area contributed by atoms with Gasteiger partial charge >= 0.3 is 0 Å². The van der Waals surface area contributed by atoms with Gasteiger partial charge in [0.15, 0.2) is 0 Å². The van der Waals surface area contributed by atoms with Gasteiger partial charge in [0.25, 0.3) is 5.91 Å². The van der Waals surface area contributed by atoms with Crippen molar-refractivity contribution in [1.29, 1.82) is 0 Å². The molecule has 84 valence electrons. The number of aromatic nitrogens is 1. The third-order valence-electron chi connectivity index (χ3n) is 2.57. The van der Waals surface area contributed by atoms with E-state index in [1.165, 1.54) is 0 Å². The van der Waals surface area contributed by atoms with Crippen LogP contribution in [0.4, 0.5) is 5.82 Å². The SMILES string of the molecule is CNC(=O)c1cccc(NC2CC=CC2)n1. The summed E-state index contributed by atoms with van der Waals surface area (Å²) in [6.07, 6.45) is 6.35. The number of anilines is 1. The fraction of sp³-hybridized carbons (Fsp3) is 0.333. The molecule has 1 aliphatic rings. The highest BCUT2D eigenvalue weighted by Gasteiger charge is 2.11. The topological polar surface area (TPSA) is 54.0 Å². The van der Waals surface area contributed by atoms with E-state index >= 15 is 0 Å². The molecule has 0 spiro atoms. The first-order chi connectivity index (χ1) is 7.79. The van der Waals surface area contributed by atoms with Crippen LogP contribution >= 0.6 is 0 Å². The lowest BCUT2D eigenvalue weighted by Gasteiger charge is -2.13. The third-order valence-corrected chi connectivity index (χ3v) is 2.57. The Kier molecular flexibility index (Phi) is 3.19. The molecule has 0 radical (unpaired) electrons. The molecule has 0 atom stereocenters. The molecule has 1 heterocycles. The number of nitrogens with zero attached hydrogens (tertiary/aromatic N) is 1. The monoisotopic (exact) mass is 217 g/mol. The maximum atomic E-state index is 11.4. The van der Waals surface area contributed by atoms with Crippen LogP contribution in [0.15, 0.2) is 30.4 Å². The zero-order valence-corrected chi connectivity index (χ0v) is 9.23. The number of hydrogen-bond acceptors (Lipinski definition) is 3. The highest BCUT2D eigenvalue weighted by atomic mass is 16.1. The normalized spacial score (nSPS) is 15.1. The lowest BCUT2D eigenvalue weighted by molar-refractivity contribution is 0.0958. The molecular formula is C12H15N3O. The van der Waals surface area contributed by atoms with Gasteiger partial charge in [-0.2, -0.15) is 0 Å². The van der Waals surface area contributed by atoms with Gasteiger partial charge in [-0.05, 0) is 25.0 Å². The molecule has 0 fully saturated rings. The second-order valence-electron chi connectivity index (χ2n) is 3.77. The maximum absolute atomic E-state index is 11.4. The van der Waals surface area contributed by atoms with Crippen molar-refractivity contribution in [3.63, 3.8) is 0 Å². The van der Waals surface area contributed by atoms with Gasteiger partial charge in [0.2, 0.25) is 0 Å². The van der Waals surface area contributed by atoms with Gasteiger partial charge in [-0.25, -0.2) is 4.98 Å². The smallest absolute Gasteiger partial charge is 0.269 e. The average Bonchev–Trinajstić information content (AvgIpc) is 2.81. The highest BCUT2D eigenvalue weighted by molar-refractivity contribution is 5.92. The number of nitrogens with one attached hydrogen (secondary N) is 2. The fourth-order valence-electron chi connectivity index (χ4n) is 1.71. The van der Waals surface area contributed by atoms with Crippen molar-refractivity contribution < 1.29 is 4.79 Å². The molecule has 0 unspecified atom stereocenters. The first-order valence-electron chi connectivity index (χ1n) is 5.40. The van der Waals surface area contributed by atoms with E-state index in [4.69, 9.17) is 0 Å². The van der Waals surface area contributed by atoms with Crippen LogP contribution in [0.3, 0.4) is 0 Å². The quantitative estimate of drug-likeness (QED) is 0.756. The first kappa shape index (κ1) is 10.7. The van der Waals surface area contributed by atoms with E-state index < -0.39 is 0 Å². The molecule has 2 rings (SSSR count). The van der Waals surface area contributed by atoms with Gasteiger partial charge < -0.3 is 10.6 Å². The van der Waals surface area contributed by atoms with E-state index in [0.29, 0.717) is 11.7 Å². The fourth-order valence-corrected chi connectivity index (χ4v) is 1.71. The second kappa shape index (κ2) is 4.79. The average molecular weight is 217 g/mol. The van der Waals surface area contributed by atoms with Crippen LogP contribution in [0, 0.1) is 0 Å². The minimum absolute atomic E-state index is 0.159. The molecule has 0 saturated carbocycles. The second-order valence-corrected chi connectivity index (χ2v) is 3.77. The summed E-state index contributed by atoms with van der Waals surface area (Å²) in [4.78, 5) is 15.6. The van der Waals surface area contributed by atoms with Crippen LogP contribution in [-0.4, -0.2) is 24.0 Å². The molecule has 0 bridgehead atoms. The minimum Gasteiger partial charge on any atom is -0.367 e. The van der Waals surface area contributed by atoms with Crippen molar-refractivity contribution in [3.8, 4) is 0 Å². The Morgan fingerprint density at radius 1 is 1.38 bits per heavy atom. The summed E-state index contributed by atoms with van der Waals surface area (Å²) in [6, 6.07) is 5.83. The zero-order chi connectivity index (χ0) is 11.4. The summed E-state index contributed by atoms with van der Waals surface area (Å²) < 4.78 is 0. The lowest BCUT2D eigenvalue weighted by Crippen LogP contribution is -2.21. The Labute approximate surface area is 94.8 Å². The lowest BCUT2D eigenvalue weighted by atomic mass is 10.2. The summed E-state index contributed by atoms with van der Waals surface area (Å²) in [5, 5.41) is 5.87. The summed E-state index contributed by atoms with van der Waals surface area (Å²) in [5.74, 6) is 0.600. The first-order valence-corrected chi connectivity index (χ1v) is 5.40. The molecule has 1 aromatic heterocycles. The third kappa shape index (κ3) is 2.39. The van der Waals surface area contributed by atoms with Crippen molar-refractivity contribution in [2.24, 2.45) is 0 Å². The number of carbonyl (C=O) groups is 1. The van der Waals surface area contributed by atoms with E-state index in [-0.39, 0.29) is 5.91 Å². The van der Waals surface area contributed by atoms with Crippen LogP contribution in [0.25, 0.3) is 0 Å². The van der Waals surface area contributed by atoms with Crippen molar-refractivity contribution >= 4 is 11.7 Å². The zero-order valence-electron chi connectivity index (χ0n) is 9.23. The summed E-state index contributed by atoms with van der Waals surface area (Å²) in [5.41, 5.74) is 0.443. The van der Waals surface area contributed by atoms with Gasteiger partial charge in [-0.3, -0.25) is 4.79 Å². The van der Waals surface area contributed by atoms with Gasteiger partial charge in [0, 0.05) is 13.1 Å². The molecule has 0 aliphatic heterocycles. The van der Waals surface area contributed by atoms with E-state index in [2.05, 4.69) is 27.8 Å². The van der Waals surface area contributed by atoms with Gasteiger partial charge in [-0.1, -0.05) is 18.2 Å². The van der Waals surface area contributed by atoms with E-state index in [9.17, 15) is 4.79 Å². The predicted molar refractivity (Wildman–Crippen MR) is 63.4 cm³/mol. The van der Waals surface area contributed by atoms with Crippen LogP contribution in [-0.2, 0) is 0 Å². The molecule has 4 nitrogen and oxygen atoms in total. The summed E-state index contributed by atoms with van der Waals surface area (Å²) in [7, 11) is 1.60. The van der Waals surface area contributed by atoms with Crippen LogP contribution in [0.5, 0.6) is 0 Å². The number of amides is 1. The van der Waals surface area contributed by atoms with E-state index in [0.717, 1.165) is 18.7 Å². The van der Waals surface area contributed by atoms with Crippen LogP contribution < -0.4 is 10.6 Å². The molecular weight excluding hydrogens is 202 g/mol. The van der Waals surface area contributed by atoms with Gasteiger partial charge in [0.05, 0.1) is 0 Å². The Balaban J connectivity index is 2.06. The van der Waals surface area contributed by atoms with Gasteiger partial charge in [-0.15, -0.1) is 0 Å². The number of pyridine rings is 1.